The lowest BCUT2D eigenvalue weighted by molar-refractivity contribution is 0.0118. The summed E-state index contributed by atoms with van der Waals surface area (Å²) >= 11 is 0. The smallest absolute Gasteiger partial charge is 0.165 e. The van der Waals surface area contributed by atoms with Crippen molar-refractivity contribution in [2.24, 2.45) is 0 Å². The van der Waals surface area contributed by atoms with Crippen molar-refractivity contribution in [2.45, 2.75) is 77.4 Å². The molecule has 0 unspecified atom stereocenters. The summed E-state index contributed by atoms with van der Waals surface area (Å²) in [5, 5.41) is 0. The van der Waals surface area contributed by atoms with Crippen molar-refractivity contribution in [3.8, 4) is 5.75 Å². The minimum absolute atomic E-state index is 0.0102. The molecule has 164 valence electrons. The summed E-state index contributed by atoms with van der Waals surface area (Å²) in [6.45, 7) is 4.27. The van der Waals surface area contributed by atoms with Gasteiger partial charge in [0.1, 0.15) is 0 Å². The fraction of sp³-hybridized carbons (Fsp3) is 0.520. The van der Waals surface area contributed by atoms with E-state index in [1.807, 2.05) is 6.07 Å². The Morgan fingerprint density at radius 2 is 1.70 bits per heavy atom. The molecule has 0 amide bonds. The fourth-order valence-electron chi connectivity index (χ4n) is 3.99. The highest BCUT2D eigenvalue weighted by molar-refractivity contribution is 5.31. The first-order valence-corrected chi connectivity index (χ1v) is 11.0. The maximum Gasteiger partial charge on any atom is 0.165 e. The van der Waals surface area contributed by atoms with Crippen molar-refractivity contribution >= 4 is 0 Å². The van der Waals surface area contributed by atoms with Gasteiger partial charge in [0, 0.05) is 5.56 Å². The van der Waals surface area contributed by atoms with Gasteiger partial charge in [0.05, 0.1) is 19.3 Å². The average Bonchev–Trinajstić information content (AvgIpc) is 2.76. The summed E-state index contributed by atoms with van der Waals surface area (Å²) in [7, 11) is 0. The SMILES string of the molecule is CCCCCOc1ccc(C2CCC(OCc3ccc(C)c(F)c3F)CC2)cc1F. The number of halogens is 3. The zero-order valence-corrected chi connectivity index (χ0v) is 17.9. The Balaban J connectivity index is 1.48. The van der Waals surface area contributed by atoms with Crippen LogP contribution in [0.25, 0.3) is 0 Å². The molecule has 0 aliphatic heterocycles. The second-order valence-corrected chi connectivity index (χ2v) is 8.20. The standard InChI is InChI=1S/C25H31F3O2/c1-3-4-5-14-29-23-13-10-19(15-22(23)26)18-8-11-21(12-9-18)30-16-20-7-6-17(2)24(27)25(20)28/h6-7,10,13,15,18,21H,3-5,8-9,11-12,14,16H2,1-2H3. The van der Waals surface area contributed by atoms with E-state index >= 15 is 0 Å². The molecule has 1 fully saturated rings. The minimum Gasteiger partial charge on any atom is -0.491 e. The van der Waals surface area contributed by atoms with Gasteiger partial charge in [0.2, 0.25) is 0 Å². The lowest BCUT2D eigenvalue weighted by atomic mass is 9.82. The highest BCUT2D eigenvalue weighted by Gasteiger charge is 2.24. The molecule has 0 heterocycles. The van der Waals surface area contributed by atoms with E-state index in [4.69, 9.17) is 9.47 Å². The van der Waals surface area contributed by atoms with Crippen molar-refractivity contribution in [2.75, 3.05) is 6.61 Å². The molecule has 0 N–H and O–H groups in total. The zero-order valence-electron chi connectivity index (χ0n) is 17.9. The molecule has 30 heavy (non-hydrogen) atoms. The van der Waals surface area contributed by atoms with Gasteiger partial charge in [-0.15, -0.1) is 0 Å². The number of ether oxygens (including phenoxy) is 2. The third-order valence-electron chi connectivity index (χ3n) is 5.94. The van der Waals surface area contributed by atoms with E-state index in [2.05, 4.69) is 6.92 Å². The molecular weight excluding hydrogens is 389 g/mol. The molecule has 1 aliphatic carbocycles. The summed E-state index contributed by atoms with van der Waals surface area (Å²) in [6.07, 6.45) is 6.52. The van der Waals surface area contributed by atoms with Gasteiger partial charge in [-0.1, -0.05) is 38.0 Å². The van der Waals surface area contributed by atoms with Crippen molar-refractivity contribution in [1.82, 2.24) is 0 Å². The second-order valence-electron chi connectivity index (χ2n) is 8.20. The second kappa shape index (κ2) is 10.9. The zero-order chi connectivity index (χ0) is 21.5. The lowest BCUT2D eigenvalue weighted by Crippen LogP contribution is -2.21. The molecule has 0 atom stereocenters. The van der Waals surface area contributed by atoms with Crippen LogP contribution in [0.15, 0.2) is 30.3 Å². The molecule has 1 aliphatic rings. The molecule has 3 rings (SSSR count). The summed E-state index contributed by atoms with van der Waals surface area (Å²) in [5.74, 6) is -1.34. The quantitative estimate of drug-likeness (QED) is 0.399. The minimum atomic E-state index is -0.823. The van der Waals surface area contributed by atoms with Gasteiger partial charge < -0.3 is 9.47 Å². The van der Waals surface area contributed by atoms with Gasteiger partial charge in [0.15, 0.2) is 23.2 Å². The topological polar surface area (TPSA) is 18.5 Å². The van der Waals surface area contributed by atoms with Crippen LogP contribution in [0.1, 0.15) is 74.5 Å². The normalized spacial score (nSPS) is 19.1. The Hall–Kier alpha value is -2.01. The molecule has 0 bridgehead atoms. The first-order chi connectivity index (χ1) is 14.5. The molecule has 0 radical (unpaired) electrons. The third-order valence-corrected chi connectivity index (χ3v) is 5.94. The van der Waals surface area contributed by atoms with Crippen LogP contribution in [0, 0.1) is 24.4 Å². The van der Waals surface area contributed by atoms with Crippen LogP contribution in [0.4, 0.5) is 13.2 Å². The van der Waals surface area contributed by atoms with E-state index in [9.17, 15) is 13.2 Å². The summed E-state index contributed by atoms with van der Waals surface area (Å²) < 4.78 is 53.4. The van der Waals surface area contributed by atoms with Crippen LogP contribution in [0.3, 0.4) is 0 Å². The largest absolute Gasteiger partial charge is 0.491 e. The van der Waals surface area contributed by atoms with Crippen LogP contribution in [-0.4, -0.2) is 12.7 Å². The van der Waals surface area contributed by atoms with E-state index in [0.29, 0.717) is 17.9 Å². The Morgan fingerprint density at radius 3 is 2.40 bits per heavy atom. The van der Waals surface area contributed by atoms with Crippen molar-refractivity contribution in [3.63, 3.8) is 0 Å². The Morgan fingerprint density at radius 1 is 0.933 bits per heavy atom. The molecule has 2 nitrogen and oxygen atoms in total. The lowest BCUT2D eigenvalue weighted by Gasteiger charge is -2.29. The molecule has 2 aromatic rings. The van der Waals surface area contributed by atoms with E-state index in [-0.39, 0.29) is 30.0 Å². The van der Waals surface area contributed by atoms with E-state index < -0.39 is 11.6 Å². The van der Waals surface area contributed by atoms with Crippen LogP contribution in [-0.2, 0) is 11.3 Å². The predicted molar refractivity (Wildman–Crippen MR) is 112 cm³/mol. The monoisotopic (exact) mass is 420 g/mol. The summed E-state index contributed by atoms with van der Waals surface area (Å²) in [6, 6.07) is 8.42. The van der Waals surface area contributed by atoms with Gasteiger partial charge in [-0.05, 0) is 68.2 Å². The van der Waals surface area contributed by atoms with Crippen molar-refractivity contribution < 1.29 is 22.6 Å². The van der Waals surface area contributed by atoms with Gasteiger partial charge in [-0.2, -0.15) is 0 Å². The Kier molecular flexibility index (Phi) is 8.20. The first-order valence-electron chi connectivity index (χ1n) is 11.0. The van der Waals surface area contributed by atoms with Gasteiger partial charge in [-0.25, -0.2) is 13.2 Å². The van der Waals surface area contributed by atoms with Crippen LogP contribution in [0.5, 0.6) is 5.75 Å². The number of benzene rings is 2. The highest BCUT2D eigenvalue weighted by atomic mass is 19.2. The third kappa shape index (κ3) is 5.78. The van der Waals surface area contributed by atoms with Gasteiger partial charge in [0.25, 0.3) is 0 Å². The maximum absolute atomic E-state index is 14.4. The number of hydrogen-bond acceptors (Lipinski definition) is 2. The number of hydrogen-bond donors (Lipinski definition) is 0. The summed E-state index contributed by atoms with van der Waals surface area (Å²) in [5.41, 5.74) is 1.52. The molecule has 0 saturated heterocycles. The molecule has 0 aromatic heterocycles. The number of unbranched alkanes of at least 4 members (excludes halogenated alkanes) is 2. The fourth-order valence-corrected chi connectivity index (χ4v) is 3.99. The maximum atomic E-state index is 14.4. The Labute approximate surface area is 177 Å². The molecule has 5 heteroatoms. The molecule has 1 saturated carbocycles. The van der Waals surface area contributed by atoms with Crippen molar-refractivity contribution in [3.05, 3.63) is 64.5 Å². The van der Waals surface area contributed by atoms with Gasteiger partial charge in [-0.3, -0.25) is 0 Å². The van der Waals surface area contributed by atoms with E-state index in [1.54, 1.807) is 24.3 Å². The van der Waals surface area contributed by atoms with Crippen LogP contribution in [0.2, 0.25) is 0 Å². The van der Waals surface area contributed by atoms with Gasteiger partial charge >= 0.3 is 0 Å². The highest BCUT2D eigenvalue weighted by Crippen LogP contribution is 2.36. The first kappa shape index (κ1) is 22.7. The Bertz CT molecular complexity index is 829. The van der Waals surface area contributed by atoms with E-state index in [0.717, 1.165) is 50.5 Å². The number of rotatable bonds is 9. The number of aryl methyl sites for hydroxylation is 1. The average molecular weight is 421 g/mol. The molecule has 2 aromatic carbocycles. The molecular formula is C25H31F3O2. The van der Waals surface area contributed by atoms with Crippen LogP contribution >= 0.6 is 0 Å². The van der Waals surface area contributed by atoms with Crippen molar-refractivity contribution in [1.29, 1.82) is 0 Å². The van der Waals surface area contributed by atoms with E-state index in [1.165, 1.54) is 6.92 Å². The molecule has 0 spiro atoms. The summed E-state index contributed by atoms with van der Waals surface area (Å²) in [4.78, 5) is 0. The predicted octanol–water partition coefficient (Wildman–Crippen LogP) is 7.22. The van der Waals surface area contributed by atoms with Crippen LogP contribution < -0.4 is 4.74 Å².